The summed E-state index contributed by atoms with van der Waals surface area (Å²) in [6.45, 7) is 10.3. The number of carbonyl (C=O) groups excluding carboxylic acids is 3. The van der Waals surface area contributed by atoms with Crippen molar-refractivity contribution in [3.05, 3.63) is 0 Å². The molecule has 0 aliphatic heterocycles. The molecule has 0 saturated heterocycles. The van der Waals surface area contributed by atoms with Crippen molar-refractivity contribution in [3.63, 3.8) is 0 Å². The molecule has 0 aliphatic carbocycles. The Bertz CT molecular complexity index is 466. The largest absolute Gasteiger partial charge is 0.459 e. The molecule has 0 radical (unpaired) electrons. The topological polar surface area (TPSA) is 134 Å². The number of hydrogen-bond acceptors (Lipinski definition) is 7. The number of nitrogens with one attached hydrogen (secondary N) is 1. The molecule has 0 rings (SSSR count). The Kier molecular flexibility index (Phi) is 9.07. The van der Waals surface area contributed by atoms with Crippen LogP contribution in [0.1, 0.15) is 60.8 Å². The van der Waals surface area contributed by atoms with Crippen LogP contribution in [0.25, 0.3) is 0 Å². The first-order valence-corrected chi connectivity index (χ1v) is 8.45. The van der Waals surface area contributed by atoms with Crippen molar-refractivity contribution in [2.45, 2.75) is 84.1 Å². The van der Waals surface area contributed by atoms with Gasteiger partial charge in [0.1, 0.15) is 23.8 Å². The van der Waals surface area contributed by atoms with Crippen molar-refractivity contribution in [3.8, 4) is 0 Å². The van der Waals surface area contributed by atoms with Gasteiger partial charge < -0.3 is 26.3 Å². The second-order valence-corrected chi connectivity index (χ2v) is 7.98. The molecule has 25 heavy (non-hydrogen) atoms. The lowest BCUT2D eigenvalue weighted by Gasteiger charge is -2.22. The Morgan fingerprint density at radius 2 is 1.36 bits per heavy atom. The highest BCUT2D eigenvalue weighted by molar-refractivity contribution is 5.85. The number of esters is 2. The molecule has 0 fully saturated rings. The van der Waals surface area contributed by atoms with Gasteiger partial charge in [0.15, 0.2) is 0 Å². The van der Waals surface area contributed by atoms with E-state index in [1.807, 2.05) is 0 Å². The third-order valence-corrected chi connectivity index (χ3v) is 2.90. The Labute approximate surface area is 150 Å². The van der Waals surface area contributed by atoms with Gasteiger partial charge in [0.25, 0.3) is 0 Å². The SMILES string of the molecule is CC(C)(C)OC(=O)CNC(=O)[C@@H](N)CCCC(N)C(=O)OC(C)(C)C. The van der Waals surface area contributed by atoms with E-state index in [-0.39, 0.29) is 6.54 Å². The smallest absolute Gasteiger partial charge is 0.325 e. The minimum absolute atomic E-state index is 0.235. The highest BCUT2D eigenvalue weighted by atomic mass is 16.6. The maximum absolute atomic E-state index is 11.8. The van der Waals surface area contributed by atoms with Crippen molar-refractivity contribution in [1.82, 2.24) is 5.32 Å². The summed E-state index contributed by atoms with van der Waals surface area (Å²) in [6.07, 6.45) is 1.19. The van der Waals surface area contributed by atoms with Crippen LogP contribution in [-0.4, -0.2) is 47.7 Å². The van der Waals surface area contributed by atoms with Gasteiger partial charge in [0.05, 0.1) is 6.04 Å². The number of ether oxygens (including phenoxy) is 2. The number of nitrogens with two attached hydrogens (primary N) is 2. The number of carbonyl (C=O) groups is 3. The standard InChI is InChI=1S/C17H33N3O5/c1-16(2,3)24-13(21)10-20-14(22)11(18)8-7-9-12(19)15(23)25-17(4,5)6/h11-12H,7-10,18-19H2,1-6H3,(H,20,22)/t11-,12?/m0/s1. The summed E-state index contributed by atoms with van der Waals surface area (Å²) in [5.41, 5.74) is 10.3. The molecule has 8 nitrogen and oxygen atoms in total. The summed E-state index contributed by atoms with van der Waals surface area (Å²) in [5.74, 6) is -1.45. The fourth-order valence-corrected chi connectivity index (χ4v) is 1.85. The first kappa shape index (κ1) is 23.3. The molecule has 0 spiro atoms. The van der Waals surface area contributed by atoms with Crippen molar-refractivity contribution in [1.29, 1.82) is 0 Å². The first-order chi connectivity index (χ1) is 11.2. The van der Waals surface area contributed by atoms with Crippen LogP contribution in [0.5, 0.6) is 0 Å². The molecular formula is C17H33N3O5. The van der Waals surface area contributed by atoms with Gasteiger partial charge in [-0.05, 0) is 60.8 Å². The van der Waals surface area contributed by atoms with Crippen LogP contribution in [-0.2, 0) is 23.9 Å². The molecule has 0 aromatic carbocycles. The molecule has 0 aliphatic rings. The number of rotatable bonds is 8. The van der Waals surface area contributed by atoms with Crippen LogP contribution >= 0.6 is 0 Å². The average Bonchev–Trinajstić information content (AvgIpc) is 2.40. The van der Waals surface area contributed by atoms with E-state index in [4.69, 9.17) is 20.9 Å². The lowest BCUT2D eigenvalue weighted by atomic mass is 10.1. The van der Waals surface area contributed by atoms with Gasteiger partial charge in [-0.2, -0.15) is 0 Å². The Morgan fingerprint density at radius 3 is 1.84 bits per heavy atom. The molecule has 2 atom stereocenters. The van der Waals surface area contributed by atoms with Gasteiger partial charge in [0.2, 0.25) is 5.91 Å². The van der Waals surface area contributed by atoms with Crippen LogP contribution in [0.15, 0.2) is 0 Å². The molecule has 0 heterocycles. The molecule has 0 bridgehead atoms. The highest BCUT2D eigenvalue weighted by Crippen LogP contribution is 2.11. The van der Waals surface area contributed by atoms with E-state index < -0.39 is 41.1 Å². The first-order valence-electron chi connectivity index (χ1n) is 8.45. The van der Waals surface area contributed by atoms with Crippen LogP contribution < -0.4 is 16.8 Å². The third-order valence-electron chi connectivity index (χ3n) is 2.90. The monoisotopic (exact) mass is 359 g/mol. The molecule has 8 heteroatoms. The quantitative estimate of drug-likeness (QED) is 0.541. The van der Waals surface area contributed by atoms with Gasteiger partial charge in [-0.25, -0.2) is 0 Å². The van der Waals surface area contributed by atoms with Gasteiger partial charge in [-0.3, -0.25) is 14.4 Å². The van der Waals surface area contributed by atoms with Gasteiger partial charge in [-0.15, -0.1) is 0 Å². The molecule has 1 unspecified atom stereocenters. The molecule has 1 amide bonds. The average molecular weight is 359 g/mol. The number of amides is 1. The van der Waals surface area contributed by atoms with Crippen LogP contribution in [0.4, 0.5) is 0 Å². The Morgan fingerprint density at radius 1 is 0.880 bits per heavy atom. The Balaban J connectivity index is 4.09. The van der Waals surface area contributed by atoms with E-state index in [1.54, 1.807) is 41.5 Å². The molecule has 0 aromatic heterocycles. The van der Waals surface area contributed by atoms with Crippen LogP contribution in [0.3, 0.4) is 0 Å². The summed E-state index contributed by atoms with van der Waals surface area (Å²) in [6, 6.07) is -1.54. The minimum Gasteiger partial charge on any atom is -0.459 e. The van der Waals surface area contributed by atoms with Gasteiger partial charge in [0, 0.05) is 0 Å². The predicted octanol–water partition coefficient (Wildman–Crippen LogP) is 0.611. The van der Waals surface area contributed by atoms with E-state index in [9.17, 15) is 14.4 Å². The molecule has 5 N–H and O–H groups in total. The second kappa shape index (κ2) is 9.72. The van der Waals surface area contributed by atoms with E-state index in [0.717, 1.165) is 0 Å². The normalized spacial score (nSPS) is 14.4. The van der Waals surface area contributed by atoms with E-state index in [2.05, 4.69) is 5.32 Å². The second-order valence-electron chi connectivity index (χ2n) is 7.98. The van der Waals surface area contributed by atoms with Crippen molar-refractivity contribution < 1.29 is 23.9 Å². The fourth-order valence-electron chi connectivity index (χ4n) is 1.85. The molecule has 146 valence electrons. The maximum Gasteiger partial charge on any atom is 0.325 e. The minimum atomic E-state index is -0.784. The lowest BCUT2D eigenvalue weighted by molar-refractivity contribution is -0.157. The molecular weight excluding hydrogens is 326 g/mol. The maximum atomic E-state index is 11.8. The highest BCUT2D eigenvalue weighted by Gasteiger charge is 2.23. The summed E-state index contributed by atoms with van der Waals surface area (Å²) in [4.78, 5) is 35.1. The van der Waals surface area contributed by atoms with Crippen LogP contribution in [0.2, 0.25) is 0 Å². The number of hydrogen-bond donors (Lipinski definition) is 3. The molecule has 0 saturated carbocycles. The zero-order chi connectivity index (χ0) is 19.8. The zero-order valence-corrected chi connectivity index (χ0v) is 16.2. The van der Waals surface area contributed by atoms with Crippen molar-refractivity contribution in [2.75, 3.05) is 6.54 Å². The Hall–Kier alpha value is -1.67. The fraction of sp³-hybridized carbons (Fsp3) is 0.824. The van der Waals surface area contributed by atoms with E-state index in [1.165, 1.54) is 0 Å². The van der Waals surface area contributed by atoms with E-state index >= 15 is 0 Å². The zero-order valence-electron chi connectivity index (χ0n) is 16.2. The van der Waals surface area contributed by atoms with Gasteiger partial charge in [-0.1, -0.05) is 0 Å². The third kappa shape index (κ3) is 12.4. The van der Waals surface area contributed by atoms with Crippen molar-refractivity contribution >= 4 is 17.8 Å². The summed E-state index contributed by atoms with van der Waals surface area (Å²) in [7, 11) is 0. The lowest BCUT2D eigenvalue weighted by Crippen LogP contribution is -2.44. The summed E-state index contributed by atoms with van der Waals surface area (Å²) < 4.78 is 10.3. The molecule has 0 aromatic rings. The van der Waals surface area contributed by atoms with E-state index in [0.29, 0.717) is 19.3 Å². The van der Waals surface area contributed by atoms with Crippen LogP contribution in [0, 0.1) is 0 Å². The van der Waals surface area contributed by atoms with Gasteiger partial charge >= 0.3 is 11.9 Å². The summed E-state index contributed by atoms with van der Waals surface area (Å²) in [5, 5.41) is 2.44. The predicted molar refractivity (Wildman–Crippen MR) is 94.5 cm³/mol. The summed E-state index contributed by atoms with van der Waals surface area (Å²) >= 11 is 0. The van der Waals surface area contributed by atoms with Crippen molar-refractivity contribution in [2.24, 2.45) is 11.5 Å².